The summed E-state index contributed by atoms with van der Waals surface area (Å²) in [6.45, 7) is 3.02. The van der Waals surface area contributed by atoms with Gasteiger partial charge in [-0.3, -0.25) is 4.90 Å². The molecule has 106 valence electrons. The van der Waals surface area contributed by atoms with E-state index in [1.165, 1.54) is 10.4 Å². The fourth-order valence-corrected chi connectivity index (χ4v) is 3.46. The van der Waals surface area contributed by atoms with E-state index in [-0.39, 0.29) is 17.6 Å². The van der Waals surface area contributed by atoms with E-state index in [1.54, 1.807) is 25.1 Å². The van der Waals surface area contributed by atoms with Crippen LogP contribution in [-0.4, -0.2) is 50.1 Å². The molecule has 0 N–H and O–H groups in total. The molecule has 1 aromatic carbocycles. The van der Waals surface area contributed by atoms with E-state index >= 15 is 0 Å². The summed E-state index contributed by atoms with van der Waals surface area (Å²) in [6, 6.07) is 6.33. The zero-order valence-corrected chi connectivity index (χ0v) is 12.0. The van der Waals surface area contributed by atoms with Crippen LogP contribution in [0.3, 0.4) is 0 Å². The van der Waals surface area contributed by atoms with Crippen LogP contribution in [0, 0.1) is 5.82 Å². The standard InChI is InChI=1S/C13H19FN2O2S/c1-3-19(17,18)16-9-8-15(2)13(10-16)11-6-4-5-7-12(11)14/h4-7,13H,3,8-10H2,1-2H3. The van der Waals surface area contributed by atoms with Gasteiger partial charge in [0.25, 0.3) is 0 Å². The monoisotopic (exact) mass is 286 g/mol. The Kier molecular flexibility index (Phi) is 4.23. The Bertz CT molecular complexity index is 547. The first-order valence-corrected chi connectivity index (χ1v) is 7.99. The topological polar surface area (TPSA) is 40.6 Å². The second kappa shape index (κ2) is 5.56. The Hall–Kier alpha value is -0.980. The van der Waals surface area contributed by atoms with Crippen LogP contribution in [0.2, 0.25) is 0 Å². The van der Waals surface area contributed by atoms with Crippen molar-refractivity contribution in [2.45, 2.75) is 13.0 Å². The first-order chi connectivity index (χ1) is 8.95. The molecule has 0 radical (unpaired) electrons. The summed E-state index contributed by atoms with van der Waals surface area (Å²) >= 11 is 0. The lowest BCUT2D eigenvalue weighted by molar-refractivity contribution is 0.145. The highest BCUT2D eigenvalue weighted by Gasteiger charge is 2.32. The van der Waals surface area contributed by atoms with Crippen molar-refractivity contribution in [1.82, 2.24) is 9.21 Å². The van der Waals surface area contributed by atoms with Crippen LogP contribution in [0.5, 0.6) is 0 Å². The number of rotatable bonds is 3. The number of piperazine rings is 1. The Morgan fingerprint density at radius 2 is 2.00 bits per heavy atom. The number of nitrogens with zero attached hydrogens (tertiary/aromatic N) is 2. The van der Waals surface area contributed by atoms with Crippen LogP contribution in [0.4, 0.5) is 4.39 Å². The molecule has 0 amide bonds. The smallest absolute Gasteiger partial charge is 0.213 e. The first kappa shape index (κ1) is 14.4. The van der Waals surface area contributed by atoms with Crippen molar-refractivity contribution in [3.05, 3.63) is 35.6 Å². The van der Waals surface area contributed by atoms with Crippen LogP contribution >= 0.6 is 0 Å². The number of benzene rings is 1. The van der Waals surface area contributed by atoms with Gasteiger partial charge in [-0.05, 0) is 20.0 Å². The van der Waals surface area contributed by atoms with Crippen molar-refractivity contribution < 1.29 is 12.8 Å². The van der Waals surface area contributed by atoms with Crippen molar-refractivity contribution in [2.75, 3.05) is 32.4 Å². The van der Waals surface area contributed by atoms with Gasteiger partial charge in [0.15, 0.2) is 0 Å². The summed E-state index contributed by atoms with van der Waals surface area (Å²) in [4.78, 5) is 2.00. The average Bonchev–Trinajstić information content (AvgIpc) is 2.40. The van der Waals surface area contributed by atoms with Gasteiger partial charge < -0.3 is 0 Å². The van der Waals surface area contributed by atoms with E-state index < -0.39 is 10.0 Å². The number of likely N-dealkylation sites (N-methyl/N-ethyl adjacent to an activating group) is 1. The summed E-state index contributed by atoms with van der Waals surface area (Å²) in [5.74, 6) is -0.198. The van der Waals surface area contributed by atoms with E-state index in [1.807, 2.05) is 11.9 Å². The van der Waals surface area contributed by atoms with Gasteiger partial charge in [-0.1, -0.05) is 18.2 Å². The predicted octanol–water partition coefficient (Wildman–Crippen LogP) is 1.46. The second-order valence-electron chi connectivity index (χ2n) is 4.78. The molecule has 0 spiro atoms. The maximum absolute atomic E-state index is 13.9. The van der Waals surface area contributed by atoms with Gasteiger partial charge in [-0.15, -0.1) is 0 Å². The van der Waals surface area contributed by atoms with Gasteiger partial charge in [0.2, 0.25) is 10.0 Å². The molecule has 1 heterocycles. The van der Waals surface area contributed by atoms with Crippen molar-refractivity contribution in [1.29, 1.82) is 0 Å². The number of hydrogen-bond acceptors (Lipinski definition) is 3. The minimum Gasteiger partial charge on any atom is -0.297 e. The molecular weight excluding hydrogens is 267 g/mol. The molecule has 1 aliphatic heterocycles. The summed E-state index contributed by atoms with van der Waals surface area (Å²) < 4.78 is 39.2. The third kappa shape index (κ3) is 2.96. The Balaban J connectivity index is 2.28. The first-order valence-electron chi connectivity index (χ1n) is 6.38. The SMILES string of the molecule is CCS(=O)(=O)N1CCN(C)C(c2ccccc2F)C1. The maximum Gasteiger partial charge on any atom is 0.213 e. The normalized spacial score (nSPS) is 22.6. The van der Waals surface area contributed by atoms with Gasteiger partial charge >= 0.3 is 0 Å². The molecule has 1 saturated heterocycles. The maximum atomic E-state index is 13.9. The van der Waals surface area contributed by atoms with Crippen molar-refractivity contribution in [3.63, 3.8) is 0 Å². The molecule has 0 aromatic heterocycles. The van der Waals surface area contributed by atoms with Gasteiger partial charge in [0.1, 0.15) is 5.82 Å². The van der Waals surface area contributed by atoms with Crippen LogP contribution < -0.4 is 0 Å². The number of halogens is 1. The van der Waals surface area contributed by atoms with Gasteiger partial charge in [-0.2, -0.15) is 4.31 Å². The summed E-state index contributed by atoms with van der Waals surface area (Å²) in [6.07, 6.45) is 0. The molecule has 1 atom stereocenters. The van der Waals surface area contributed by atoms with Gasteiger partial charge in [-0.25, -0.2) is 12.8 Å². The third-order valence-corrected chi connectivity index (χ3v) is 5.48. The highest BCUT2D eigenvalue weighted by molar-refractivity contribution is 7.89. The second-order valence-corrected chi connectivity index (χ2v) is 7.03. The van der Waals surface area contributed by atoms with Crippen LogP contribution in [0.15, 0.2) is 24.3 Å². The molecule has 0 saturated carbocycles. The molecular formula is C13H19FN2O2S. The van der Waals surface area contributed by atoms with E-state index in [9.17, 15) is 12.8 Å². The van der Waals surface area contributed by atoms with Gasteiger partial charge in [0.05, 0.1) is 11.8 Å². The lowest BCUT2D eigenvalue weighted by atomic mass is 10.0. The van der Waals surface area contributed by atoms with Crippen LogP contribution in [0.25, 0.3) is 0 Å². The molecule has 1 aromatic rings. The average molecular weight is 286 g/mol. The molecule has 0 aliphatic carbocycles. The van der Waals surface area contributed by atoms with Crippen LogP contribution in [-0.2, 0) is 10.0 Å². The van der Waals surface area contributed by atoms with E-state index in [2.05, 4.69) is 0 Å². The minimum absolute atomic E-state index is 0.0840. The van der Waals surface area contributed by atoms with Crippen molar-refractivity contribution in [3.8, 4) is 0 Å². The molecule has 4 nitrogen and oxygen atoms in total. The third-order valence-electron chi connectivity index (χ3n) is 3.63. The summed E-state index contributed by atoms with van der Waals surface area (Å²) in [7, 11) is -1.32. The molecule has 1 fully saturated rings. The summed E-state index contributed by atoms with van der Waals surface area (Å²) in [5, 5.41) is 0. The van der Waals surface area contributed by atoms with E-state index in [0.717, 1.165) is 0 Å². The largest absolute Gasteiger partial charge is 0.297 e. The highest BCUT2D eigenvalue weighted by Crippen LogP contribution is 2.27. The molecule has 19 heavy (non-hydrogen) atoms. The van der Waals surface area contributed by atoms with E-state index in [0.29, 0.717) is 25.2 Å². The van der Waals surface area contributed by atoms with Crippen molar-refractivity contribution in [2.24, 2.45) is 0 Å². The van der Waals surface area contributed by atoms with Crippen molar-refractivity contribution >= 4 is 10.0 Å². The predicted molar refractivity (Wildman–Crippen MR) is 72.8 cm³/mol. The zero-order chi connectivity index (χ0) is 14.0. The molecule has 6 heteroatoms. The quantitative estimate of drug-likeness (QED) is 0.845. The zero-order valence-electron chi connectivity index (χ0n) is 11.2. The minimum atomic E-state index is -3.21. The van der Waals surface area contributed by atoms with Gasteiger partial charge in [0, 0.05) is 25.2 Å². The Morgan fingerprint density at radius 1 is 1.32 bits per heavy atom. The lowest BCUT2D eigenvalue weighted by Crippen LogP contribution is -2.49. The molecule has 1 aliphatic rings. The highest BCUT2D eigenvalue weighted by atomic mass is 32.2. The lowest BCUT2D eigenvalue weighted by Gasteiger charge is -2.38. The Labute approximate surface area is 113 Å². The fourth-order valence-electron chi connectivity index (χ4n) is 2.37. The van der Waals surface area contributed by atoms with E-state index in [4.69, 9.17) is 0 Å². The number of hydrogen-bond donors (Lipinski definition) is 0. The fraction of sp³-hybridized carbons (Fsp3) is 0.538. The number of sulfonamides is 1. The molecule has 2 rings (SSSR count). The summed E-state index contributed by atoms with van der Waals surface area (Å²) in [5.41, 5.74) is 0.556. The van der Waals surface area contributed by atoms with Crippen LogP contribution in [0.1, 0.15) is 18.5 Å². The molecule has 1 unspecified atom stereocenters. The molecule has 0 bridgehead atoms. The Morgan fingerprint density at radius 3 is 2.63 bits per heavy atom.